The van der Waals surface area contributed by atoms with Gasteiger partial charge >= 0.3 is 0 Å². The Hall–Kier alpha value is -1.68. The maximum atomic E-state index is 12.3. The molecule has 0 bridgehead atoms. The van der Waals surface area contributed by atoms with E-state index in [2.05, 4.69) is 12.2 Å². The fourth-order valence-electron chi connectivity index (χ4n) is 3.49. The number of ketones is 1. The lowest BCUT2D eigenvalue weighted by Crippen LogP contribution is -2.47. The summed E-state index contributed by atoms with van der Waals surface area (Å²) in [7, 11) is 0. The molecule has 1 heterocycles. The molecule has 20 heavy (non-hydrogen) atoms. The van der Waals surface area contributed by atoms with Crippen molar-refractivity contribution in [2.45, 2.75) is 38.2 Å². The Morgan fingerprint density at radius 2 is 2.10 bits per heavy atom. The summed E-state index contributed by atoms with van der Waals surface area (Å²) >= 11 is 0. The van der Waals surface area contributed by atoms with Crippen molar-refractivity contribution in [2.24, 2.45) is 11.8 Å². The van der Waals surface area contributed by atoms with Gasteiger partial charge in [0.25, 0.3) is 5.91 Å². The first-order chi connectivity index (χ1) is 9.57. The molecule has 0 spiro atoms. The molecule has 1 aliphatic carbocycles. The number of hydrogen-bond acceptors (Lipinski definition) is 3. The summed E-state index contributed by atoms with van der Waals surface area (Å²) in [6.07, 6.45) is 2.89. The summed E-state index contributed by atoms with van der Waals surface area (Å²) in [5, 5.41) is 13.7. The van der Waals surface area contributed by atoms with E-state index in [1.54, 1.807) is 18.2 Å². The van der Waals surface area contributed by atoms with Crippen LogP contribution < -0.4 is 5.32 Å². The minimum atomic E-state index is -1.69. The standard InChI is InChI=1S/C16H19NO3/c1-2-10-7-8-14(18)12(9-10)16(20)11-5-3-4-6-13(11)17-15(16)19/h3-6,10,12,20H,2,7-9H2,1H3,(H,17,19)/t10-,12+,16-/m1/s1. The topological polar surface area (TPSA) is 66.4 Å². The van der Waals surface area contributed by atoms with Crippen LogP contribution in [-0.4, -0.2) is 16.8 Å². The molecule has 0 aromatic heterocycles. The van der Waals surface area contributed by atoms with Crippen LogP contribution in [0.4, 0.5) is 5.69 Å². The van der Waals surface area contributed by atoms with Gasteiger partial charge in [-0.3, -0.25) is 9.59 Å². The molecule has 4 nitrogen and oxygen atoms in total. The first-order valence-corrected chi connectivity index (χ1v) is 7.23. The van der Waals surface area contributed by atoms with Crippen LogP contribution >= 0.6 is 0 Å². The first kappa shape index (κ1) is 13.3. The van der Waals surface area contributed by atoms with E-state index in [1.165, 1.54) is 0 Å². The minimum Gasteiger partial charge on any atom is -0.375 e. The molecule has 3 rings (SSSR count). The van der Waals surface area contributed by atoms with Gasteiger partial charge in [0.05, 0.1) is 5.92 Å². The normalized spacial score (nSPS) is 32.9. The molecule has 1 amide bonds. The Morgan fingerprint density at radius 3 is 2.85 bits per heavy atom. The maximum absolute atomic E-state index is 12.3. The summed E-state index contributed by atoms with van der Waals surface area (Å²) in [6, 6.07) is 7.09. The SMILES string of the molecule is CC[C@@H]1CCC(=O)[C@@H]([C@@]2(O)C(=O)Nc3ccccc32)C1. The number of carbonyl (C=O) groups is 2. The first-order valence-electron chi connectivity index (χ1n) is 7.23. The number of benzene rings is 1. The Balaban J connectivity index is 2.03. The molecule has 1 aromatic rings. The third kappa shape index (κ3) is 1.79. The molecule has 1 fully saturated rings. The van der Waals surface area contributed by atoms with Crippen LogP contribution in [0.1, 0.15) is 38.2 Å². The van der Waals surface area contributed by atoms with Crippen LogP contribution in [-0.2, 0) is 15.2 Å². The Labute approximate surface area is 118 Å². The van der Waals surface area contributed by atoms with Crippen LogP contribution in [0.2, 0.25) is 0 Å². The monoisotopic (exact) mass is 273 g/mol. The van der Waals surface area contributed by atoms with Gasteiger partial charge in [0.15, 0.2) is 5.60 Å². The van der Waals surface area contributed by atoms with E-state index in [9.17, 15) is 14.7 Å². The zero-order valence-corrected chi connectivity index (χ0v) is 11.6. The second-order valence-corrected chi connectivity index (χ2v) is 5.83. The second-order valence-electron chi connectivity index (χ2n) is 5.83. The van der Waals surface area contributed by atoms with E-state index < -0.39 is 17.4 Å². The number of amides is 1. The largest absolute Gasteiger partial charge is 0.375 e. The molecule has 1 aliphatic heterocycles. The second kappa shape index (κ2) is 4.70. The Kier molecular flexibility index (Phi) is 3.13. The van der Waals surface area contributed by atoms with Crippen LogP contribution in [0, 0.1) is 11.8 Å². The fraction of sp³-hybridized carbons (Fsp3) is 0.500. The average molecular weight is 273 g/mol. The third-order valence-electron chi connectivity index (χ3n) is 4.77. The average Bonchev–Trinajstić information content (AvgIpc) is 2.72. The van der Waals surface area contributed by atoms with E-state index in [4.69, 9.17) is 0 Å². The summed E-state index contributed by atoms with van der Waals surface area (Å²) in [6.45, 7) is 2.09. The predicted molar refractivity (Wildman–Crippen MR) is 75.1 cm³/mol. The zero-order chi connectivity index (χ0) is 14.3. The van der Waals surface area contributed by atoms with Crippen LogP contribution in [0.15, 0.2) is 24.3 Å². The Morgan fingerprint density at radius 1 is 1.35 bits per heavy atom. The highest BCUT2D eigenvalue weighted by molar-refractivity contribution is 6.08. The molecule has 0 radical (unpaired) electrons. The van der Waals surface area contributed by atoms with Gasteiger partial charge in [-0.15, -0.1) is 0 Å². The van der Waals surface area contributed by atoms with Crippen LogP contribution in [0.5, 0.6) is 0 Å². The van der Waals surface area contributed by atoms with Crippen molar-refractivity contribution < 1.29 is 14.7 Å². The van der Waals surface area contributed by atoms with E-state index in [0.29, 0.717) is 30.0 Å². The molecule has 0 saturated heterocycles. The number of nitrogens with one attached hydrogen (secondary N) is 1. The number of para-hydroxylation sites is 1. The molecule has 1 aromatic carbocycles. The summed E-state index contributed by atoms with van der Waals surface area (Å²) < 4.78 is 0. The summed E-state index contributed by atoms with van der Waals surface area (Å²) in [5.74, 6) is -0.676. The third-order valence-corrected chi connectivity index (χ3v) is 4.77. The molecular formula is C16H19NO3. The minimum absolute atomic E-state index is 0.00375. The molecule has 4 heteroatoms. The van der Waals surface area contributed by atoms with E-state index in [-0.39, 0.29) is 5.78 Å². The number of Topliss-reactive ketones (excluding diaryl/α,β-unsaturated/α-hetero) is 1. The highest BCUT2D eigenvalue weighted by atomic mass is 16.3. The molecule has 2 aliphatic rings. The highest BCUT2D eigenvalue weighted by Crippen LogP contribution is 2.46. The fourth-order valence-corrected chi connectivity index (χ4v) is 3.49. The van der Waals surface area contributed by atoms with Gasteiger partial charge in [0, 0.05) is 17.7 Å². The van der Waals surface area contributed by atoms with E-state index in [1.807, 2.05) is 6.07 Å². The van der Waals surface area contributed by atoms with Gasteiger partial charge in [-0.05, 0) is 24.8 Å². The number of hydrogen-bond donors (Lipinski definition) is 2. The Bertz CT molecular complexity index is 569. The lowest BCUT2D eigenvalue weighted by Gasteiger charge is -2.35. The summed E-state index contributed by atoms with van der Waals surface area (Å²) in [5.41, 5.74) is -0.534. The molecule has 3 atom stereocenters. The van der Waals surface area contributed by atoms with Crippen LogP contribution in [0.25, 0.3) is 0 Å². The molecule has 0 unspecified atom stereocenters. The van der Waals surface area contributed by atoms with Gasteiger partial charge in [-0.2, -0.15) is 0 Å². The number of carbonyl (C=O) groups excluding carboxylic acids is 2. The lowest BCUT2D eigenvalue weighted by atomic mass is 9.69. The van der Waals surface area contributed by atoms with E-state index >= 15 is 0 Å². The van der Waals surface area contributed by atoms with Crippen LogP contribution in [0.3, 0.4) is 0 Å². The number of anilines is 1. The number of aliphatic hydroxyl groups is 1. The van der Waals surface area contributed by atoms with Gasteiger partial charge in [-0.1, -0.05) is 31.5 Å². The van der Waals surface area contributed by atoms with Crippen molar-refractivity contribution in [2.75, 3.05) is 5.32 Å². The summed E-state index contributed by atoms with van der Waals surface area (Å²) in [4.78, 5) is 24.5. The van der Waals surface area contributed by atoms with Crippen molar-refractivity contribution in [1.29, 1.82) is 0 Å². The number of fused-ring (bicyclic) bond motifs is 1. The van der Waals surface area contributed by atoms with Gasteiger partial charge in [0.2, 0.25) is 0 Å². The van der Waals surface area contributed by atoms with Crippen molar-refractivity contribution in [1.82, 2.24) is 0 Å². The maximum Gasteiger partial charge on any atom is 0.261 e. The highest BCUT2D eigenvalue weighted by Gasteiger charge is 2.54. The lowest BCUT2D eigenvalue weighted by molar-refractivity contribution is -0.152. The molecule has 2 N–H and O–H groups in total. The van der Waals surface area contributed by atoms with Crippen molar-refractivity contribution in [3.63, 3.8) is 0 Å². The van der Waals surface area contributed by atoms with Crippen molar-refractivity contribution in [3.8, 4) is 0 Å². The van der Waals surface area contributed by atoms with Crippen molar-refractivity contribution in [3.05, 3.63) is 29.8 Å². The van der Waals surface area contributed by atoms with Gasteiger partial charge < -0.3 is 10.4 Å². The molecular weight excluding hydrogens is 254 g/mol. The predicted octanol–water partition coefficient (Wildman–Crippen LogP) is 2.22. The number of rotatable bonds is 2. The van der Waals surface area contributed by atoms with E-state index in [0.717, 1.165) is 12.8 Å². The smallest absolute Gasteiger partial charge is 0.261 e. The zero-order valence-electron chi connectivity index (χ0n) is 11.6. The van der Waals surface area contributed by atoms with Crippen molar-refractivity contribution >= 4 is 17.4 Å². The quantitative estimate of drug-likeness (QED) is 0.868. The van der Waals surface area contributed by atoms with Gasteiger partial charge in [0.1, 0.15) is 5.78 Å². The molecule has 106 valence electrons. The molecule has 1 saturated carbocycles. The van der Waals surface area contributed by atoms with Gasteiger partial charge in [-0.25, -0.2) is 0 Å².